The molecule has 2 aliphatic carbocycles. The summed E-state index contributed by atoms with van der Waals surface area (Å²) in [6.07, 6.45) is 6.28. The van der Waals surface area contributed by atoms with Crippen LogP contribution in [0.4, 0.5) is 0 Å². The first-order valence-corrected chi connectivity index (χ1v) is 12.7. The second-order valence-electron chi connectivity index (χ2n) is 9.72. The highest BCUT2D eigenvalue weighted by atomic mass is 32.1. The fourth-order valence-corrected chi connectivity index (χ4v) is 6.49. The zero-order chi connectivity index (χ0) is 23.2. The van der Waals surface area contributed by atoms with Gasteiger partial charge in [-0.3, -0.25) is 14.4 Å². The maximum atomic E-state index is 13.5. The minimum absolute atomic E-state index is 0.144. The quantitative estimate of drug-likeness (QED) is 0.675. The number of methoxy groups -OCH3 is 1. The van der Waals surface area contributed by atoms with E-state index >= 15 is 0 Å². The number of rotatable bonds is 5. The molecule has 7 nitrogen and oxygen atoms in total. The molecule has 2 fully saturated rings. The van der Waals surface area contributed by atoms with Gasteiger partial charge in [-0.1, -0.05) is 12.8 Å². The van der Waals surface area contributed by atoms with Crippen LogP contribution in [0, 0.1) is 11.3 Å². The molecule has 0 N–H and O–H groups in total. The summed E-state index contributed by atoms with van der Waals surface area (Å²) in [6.45, 7) is 1.91. The lowest BCUT2D eigenvalue weighted by Gasteiger charge is -2.22. The van der Waals surface area contributed by atoms with Crippen molar-refractivity contribution in [1.29, 1.82) is 0 Å². The number of carbonyl (C=O) groups is 2. The van der Waals surface area contributed by atoms with E-state index in [2.05, 4.69) is 0 Å². The first kappa shape index (κ1) is 22.2. The van der Waals surface area contributed by atoms with Crippen LogP contribution < -0.4 is 10.3 Å². The highest BCUT2D eigenvalue weighted by molar-refractivity contribution is 7.07. The van der Waals surface area contributed by atoms with Gasteiger partial charge in [0.1, 0.15) is 11.3 Å². The van der Waals surface area contributed by atoms with E-state index in [0.29, 0.717) is 49.6 Å². The van der Waals surface area contributed by atoms with Gasteiger partial charge in [-0.2, -0.15) is 11.3 Å². The zero-order valence-electron chi connectivity index (χ0n) is 19.3. The van der Waals surface area contributed by atoms with Crippen molar-refractivity contribution in [2.75, 3.05) is 27.2 Å². The molecule has 2 aromatic rings. The molecular formula is C25H31N3O4S. The van der Waals surface area contributed by atoms with E-state index in [4.69, 9.17) is 4.74 Å². The molecule has 1 spiro atoms. The Morgan fingerprint density at radius 2 is 2.03 bits per heavy atom. The van der Waals surface area contributed by atoms with Gasteiger partial charge in [0.25, 0.3) is 11.5 Å². The second-order valence-corrected chi connectivity index (χ2v) is 10.5. The summed E-state index contributed by atoms with van der Waals surface area (Å²) in [5.74, 6) is 0.506. The molecule has 8 heteroatoms. The van der Waals surface area contributed by atoms with Crippen LogP contribution in [0.5, 0.6) is 5.75 Å². The van der Waals surface area contributed by atoms with E-state index in [-0.39, 0.29) is 28.7 Å². The smallest absolute Gasteiger partial charge is 0.259 e. The van der Waals surface area contributed by atoms with Crippen LogP contribution in [-0.2, 0) is 24.3 Å². The van der Waals surface area contributed by atoms with Crippen LogP contribution in [0.15, 0.2) is 27.7 Å². The normalized spacial score (nSPS) is 20.9. The first-order valence-electron chi connectivity index (χ1n) is 11.8. The van der Waals surface area contributed by atoms with Crippen LogP contribution in [0.2, 0.25) is 0 Å². The summed E-state index contributed by atoms with van der Waals surface area (Å²) in [6, 6.07) is 3.40. The Hall–Kier alpha value is -2.61. The highest BCUT2D eigenvalue weighted by Gasteiger charge is 2.59. The lowest BCUT2D eigenvalue weighted by molar-refractivity contribution is -0.133. The molecule has 1 unspecified atom stereocenters. The molecule has 5 rings (SSSR count). The SMILES string of the molecule is COc1cc(=O)n2c(c1C(=O)N(C)Cc1ccsc1)CCN(C(=O)C1CC13CCCC3)CC2. The minimum atomic E-state index is -0.188. The number of hydrogen-bond donors (Lipinski definition) is 0. The van der Waals surface area contributed by atoms with Gasteiger partial charge >= 0.3 is 0 Å². The molecule has 176 valence electrons. The van der Waals surface area contributed by atoms with E-state index in [1.54, 1.807) is 27.9 Å². The number of fused-ring (bicyclic) bond motifs is 1. The van der Waals surface area contributed by atoms with Gasteiger partial charge in [0, 0.05) is 57.3 Å². The molecule has 2 aromatic heterocycles. The van der Waals surface area contributed by atoms with Gasteiger partial charge in [0.2, 0.25) is 5.91 Å². The predicted octanol–water partition coefficient (Wildman–Crippen LogP) is 3.16. The highest BCUT2D eigenvalue weighted by Crippen LogP contribution is 2.63. The number of carbonyl (C=O) groups excluding carboxylic acids is 2. The molecule has 0 aromatic carbocycles. The molecule has 0 bridgehead atoms. The Kier molecular flexibility index (Phi) is 5.80. The van der Waals surface area contributed by atoms with Crippen molar-refractivity contribution in [3.05, 3.63) is 50.1 Å². The largest absolute Gasteiger partial charge is 0.496 e. The summed E-state index contributed by atoms with van der Waals surface area (Å²) in [4.78, 5) is 43.2. The summed E-state index contributed by atoms with van der Waals surface area (Å²) in [5.41, 5.74) is 2.23. The van der Waals surface area contributed by atoms with Gasteiger partial charge < -0.3 is 19.1 Å². The van der Waals surface area contributed by atoms with Crippen LogP contribution in [0.3, 0.4) is 0 Å². The van der Waals surface area contributed by atoms with Crippen molar-refractivity contribution >= 4 is 23.2 Å². The molecule has 1 atom stereocenters. The molecule has 3 heterocycles. The molecule has 0 saturated heterocycles. The zero-order valence-corrected chi connectivity index (χ0v) is 20.2. The van der Waals surface area contributed by atoms with Crippen molar-refractivity contribution < 1.29 is 14.3 Å². The number of aromatic nitrogens is 1. The fourth-order valence-electron chi connectivity index (χ4n) is 5.83. The molecule has 1 aliphatic heterocycles. The van der Waals surface area contributed by atoms with Crippen molar-refractivity contribution in [3.8, 4) is 5.75 Å². The van der Waals surface area contributed by atoms with Gasteiger partial charge in [-0.05, 0) is 47.1 Å². The average Bonchev–Trinajstić information content (AvgIpc) is 3.05. The maximum Gasteiger partial charge on any atom is 0.259 e. The molecular weight excluding hydrogens is 438 g/mol. The van der Waals surface area contributed by atoms with Crippen molar-refractivity contribution in [1.82, 2.24) is 14.4 Å². The predicted molar refractivity (Wildman–Crippen MR) is 127 cm³/mol. The Labute approximate surface area is 197 Å². The number of pyridine rings is 1. The summed E-state index contributed by atoms with van der Waals surface area (Å²) < 4.78 is 7.15. The third kappa shape index (κ3) is 3.98. The molecule has 0 radical (unpaired) electrons. The van der Waals surface area contributed by atoms with E-state index < -0.39 is 0 Å². The third-order valence-corrected chi connectivity index (χ3v) is 8.50. The Morgan fingerprint density at radius 3 is 2.73 bits per heavy atom. The Balaban J connectivity index is 1.40. The summed E-state index contributed by atoms with van der Waals surface area (Å²) >= 11 is 1.60. The van der Waals surface area contributed by atoms with E-state index in [1.807, 2.05) is 21.7 Å². The number of ether oxygens (including phenoxy) is 1. The van der Waals surface area contributed by atoms with Crippen LogP contribution in [-0.4, -0.2) is 53.4 Å². The maximum absolute atomic E-state index is 13.5. The van der Waals surface area contributed by atoms with Crippen LogP contribution >= 0.6 is 11.3 Å². The van der Waals surface area contributed by atoms with Crippen molar-refractivity contribution in [2.45, 2.75) is 51.6 Å². The van der Waals surface area contributed by atoms with Crippen molar-refractivity contribution in [3.63, 3.8) is 0 Å². The van der Waals surface area contributed by atoms with Gasteiger partial charge in [-0.25, -0.2) is 0 Å². The Morgan fingerprint density at radius 1 is 1.24 bits per heavy atom. The van der Waals surface area contributed by atoms with Crippen molar-refractivity contribution in [2.24, 2.45) is 11.3 Å². The minimum Gasteiger partial charge on any atom is -0.496 e. The van der Waals surface area contributed by atoms with E-state index in [1.165, 1.54) is 38.9 Å². The number of amides is 2. The number of nitrogens with zero attached hydrogens (tertiary/aromatic N) is 3. The van der Waals surface area contributed by atoms with Gasteiger partial charge in [0.15, 0.2) is 0 Å². The lowest BCUT2D eigenvalue weighted by atomic mass is 10.0. The number of hydrogen-bond acceptors (Lipinski definition) is 5. The monoisotopic (exact) mass is 469 g/mol. The molecule has 2 saturated carbocycles. The number of thiophene rings is 1. The lowest BCUT2D eigenvalue weighted by Crippen LogP contribution is -2.36. The second kappa shape index (κ2) is 8.63. The summed E-state index contributed by atoms with van der Waals surface area (Å²) in [7, 11) is 3.25. The topological polar surface area (TPSA) is 71.8 Å². The summed E-state index contributed by atoms with van der Waals surface area (Å²) in [5, 5.41) is 4.01. The van der Waals surface area contributed by atoms with E-state index in [0.717, 1.165) is 12.0 Å². The first-order chi connectivity index (χ1) is 15.9. The van der Waals surface area contributed by atoms with Crippen LogP contribution in [0.25, 0.3) is 0 Å². The standard InChI is InChI=1S/C25H31N3O4S/c1-26(15-17-6-12-33-16-17)24(31)22-19-5-9-27(10-11-28(19)21(29)13-20(22)32-2)23(30)18-14-25(18)7-3-4-8-25/h6,12-13,16,18H,3-5,7-11,14-15H2,1-2H3. The van der Waals surface area contributed by atoms with E-state index in [9.17, 15) is 14.4 Å². The average molecular weight is 470 g/mol. The molecule has 33 heavy (non-hydrogen) atoms. The Bertz CT molecular complexity index is 1120. The third-order valence-electron chi connectivity index (χ3n) is 7.77. The van der Waals surface area contributed by atoms with Gasteiger partial charge in [0.05, 0.1) is 7.11 Å². The van der Waals surface area contributed by atoms with Gasteiger partial charge in [-0.15, -0.1) is 0 Å². The molecule has 3 aliphatic rings. The molecule has 2 amide bonds. The fraction of sp³-hybridized carbons (Fsp3) is 0.560. The van der Waals surface area contributed by atoms with Crippen LogP contribution in [0.1, 0.15) is 53.7 Å².